The van der Waals surface area contributed by atoms with Crippen molar-refractivity contribution < 1.29 is 14.6 Å². The predicted molar refractivity (Wildman–Crippen MR) is 60.9 cm³/mol. The third kappa shape index (κ3) is 2.42. The summed E-state index contributed by atoms with van der Waals surface area (Å²) in [5.74, 6) is 0.450. The van der Waals surface area contributed by atoms with Crippen molar-refractivity contribution in [3.8, 4) is 11.5 Å². The Labute approximate surface area is 94.4 Å². The Hall–Kier alpha value is -1.77. The van der Waals surface area contributed by atoms with Crippen LogP contribution in [0.5, 0.6) is 11.5 Å². The minimum absolute atomic E-state index is 0.0172. The predicted octanol–water partition coefficient (Wildman–Crippen LogP) is 2.69. The van der Waals surface area contributed by atoms with Gasteiger partial charge in [-0.1, -0.05) is 6.08 Å². The third-order valence-electron chi connectivity index (χ3n) is 2.61. The van der Waals surface area contributed by atoms with E-state index < -0.39 is 0 Å². The quantitative estimate of drug-likeness (QED) is 0.626. The normalized spacial score (nSPS) is 19.4. The van der Waals surface area contributed by atoms with Crippen molar-refractivity contribution >= 4 is 6.29 Å². The number of aldehydes is 1. The van der Waals surface area contributed by atoms with Gasteiger partial charge in [0.2, 0.25) is 0 Å². The summed E-state index contributed by atoms with van der Waals surface area (Å²) in [4.78, 5) is 10.5. The van der Waals surface area contributed by atoms with Gasteiger partial charge < -0.3 is 9.84 Å². The van der Waals surface area contributed by atoms with E-state index >= 15 is 0 Å². The molecule has 1 aromatic carbocycles. The van der Waals surface area contributed by atoms with Gasteiger partial charge in [0, 0.05) is 5.56 Å². The van der Waals surface area contributed by atoms with Gasteiger partial charge in [-0.05, 0) is 43.5 Å². The molecule has 2 rings (SSSR count). The van der Waals surface area contributed by atoms with Crippen molar-refractivity contribution in [2.75, 3.05) is 0 Å². The van der Waals surface area contributed by atoms with Crippen LogP contribution in [0, 0.1) is 0 Å². The van der Waals surface area contributed by atoms with E-state index in [1.165, 1.54) is 6.07 Å². The number of allylic oxidation sites excluding steroid dienone is 1. The van der Waals surface area contributed by atoms with E-state index in [-0.39, 0.29) is 11.9 Å². The standard InChI is InChI=1S/C13H14O3/c14-9-10-6-7-13(12(15)8-10)16-11-4-2-1-3-5-11/h2,4,6-9,11,15H,1,3,5H2. The van der Waals surface area contributed by atoms with E-state index in [1.54, 1.807) is 12.1 Å². The summed E-state index contributed by atoms with van der Waals surface area (Å²) in [6.45, 7) is 0. The Morgan fingerprint density at radius 3 is 2.94 bits per heavy atom. The number of carbonyl (C=O) groups is 1. The van der Waals surface area contributed by atoms with Crippen molar-refractivity contribution in [1.82, 2.24) is 0 Å². The first-order valence-corrected chi connectivity index (χ1v) is 5.41. The monoisotopic (exact) mass is 218 g/mol. The smallest absolute Gasteiger partial charge is 0.161 e. The lowest BCUT2D eigenvalue weighted by Gasteiger charge is -2.19. The van der Waals surface area contributed by atoms with Crippen LogP contribution >= 0.6 is 0 Å². The second-order valence-electron chi connectivity index (χ2n) is 3.86. The van der Waals surface area contributed by atoms with Gasteiger partial charge >= 0.3 is 0 Å². The summed E-state index contributed by atoms with van der Waals surface area (Å²) in [5, 5.41) is 9.65. The lowest BCUT2D eigenvalue weighted by atomic mass is 10.1. The Morgan fingerprint density at radius 1 is 1.44 bits per heavy atom. The molecular formula is C13H14O3. The number of aromatic hydroxyl groups is 1. The van der Waals surface area contributed by atoms with E-state index in [1.807, 2.05) is 6.08 Å². The van der Waals surface area contributed by atoms with Crippen LogP contribution in [-0.4, -0.2) is 17.5 Å². The molecule has 84 valence electrons. The molecule has 0 spiro atoms. The zero-order valence-electron chi connectivity index (χ0n) is 8.93. The van der Waals surface area contributed by atoms with Crippen LogP contribution in [0.4, 0.5) is 0 Å². The lowest BCUT2D eigenvalue weighted by molar-refractivity contribution is 0.112. The summed E-state index contributed by atoms with van der Waals surface area (Å²) in [5.41, 5.74) is 0.448. The number of hydrogen-bond donors (Lipinski definition) is 1. The number of benzene rings is 1. The molecule has 0 bridgehead atoms. The van der Waals surface area contributed by atoms with Crippen LogP contribution in [0.25, 0.3) is 0 Å². The Morgan fingerprint density at radius 2 is 2.31 bits per heavy atom. The fraction of sp³-hybridized carbons (Fsp3) is 0.308. The van der Waals surface area contributed by atoms with Crippen molar-refractivity contribution in [3.05, 3.63) is 35.9 Å². The fourth-order valence-electron chi connectivity index (χ4n) is 1.75. The molecule has 0 amide bonds. The summed E-state index contributed by atoms with van der Waals surface area (Å²) in [6, 6.07) is 4.67. The molecule has 16 heavy (non-hydrogen) atoms. The number of rotatable bonds is 3. The second kappa shape index (κ2) is 4.84. The van der Waals surface area contributed by atoms with E-state index in [2.05, 4.69) is 6.08 Å². The summed E-state index contributed by atoms with van der Waals surface area (Å²) in [7, 11) is 0. The van der Waals surface area contributed by atoms with E-state index in [9.17, 15) is 9.90 Å². The molecule has 1 aliphatic carbocycles. The van der Waals surface area contributed by atoms with Gasteiger partial charge in [-0.25, -0.2) is 0 Å². The molecule has 3 nitrogen and oxygen atoms in total. The Bertz CT molecular complexity index is 410. The minimum atomic E-state index is 0.0172. The van der Waals surface area contributed by atoms with E-state index in [0.717, 1.165) is 19.3 Å². The maximum atomic E-state index is 10.5. The molecule has 0 saturated carbocycles. The molecule has 3 heteroatoms. The van der Waals surface area contributed by atoms with Gasteiger partial charge in [0.15, 0.2) is 11.5 Å². The molecule has 0 aliphatic heterocycles. The average Bonchev–Trinajstić information content (AvgIpc) is 2.33. The van der Waals surface area contributed by atoms with Gasteiger partial charge in [-0.15, -0.1) is 0 Å². The van der Waals surface area contributed by atoms with Crippen molar-refractivity contribution in [2.45, 2.75) is 25.4 Å². The number of hydrogen-bond acceptors (Lipinski definition) is 3. The molecule has 1 aliphatic rings. The number of ether oxygens (including phenoxy) is 1. The van der Waals surface area contributed by atoms with Crippen molar-refractivity contribution in [1.29, 1.82) is 0 Å². The zero-order chi connectivity index (χ0) is 11.4. The summed E-state index contributed by atoms with van der Waals surface area (Å²) >= 11 is 0. The second-order valence-corrected chi connectivity index (χ2v) is 3.86. The molecule has 1 unspecified atom stereocenters. The van der Waals surface area contributed by atoms with Crippen LogP contribution in [0.15, 0.2) is 30.4 Å². The van der Waals surface area contributed by atoms with Gasteiger partial charge in [0.25, 0.3) is 0 Å². The minimum Gasteiger partial charge on any atom is -0.504 e. The van der Waals surface area contributed by atoms with Gasteiger partial charge in [-0.3, -0.25) is 4.79 Å². The maximum absolute atomic E-state index is 10.5. The largest absolute Gasteiger partial charge is 0.504 e. The number of phenols is 1. The van der Waals surface area contributed by atoms with Crippen LogP contribution in [-0.2, 0) is 0 Å². The maximum Gasteiger partial charge on any atom is 0.161 e. The zero-order valence-corrected chi connectivity index (χ0v) is 8.93. The fourth-order valence-corrected chi connectivity index (χ4v) is 1.75. The van der Waals surface area contributed by atoms with Crippen LogP contribution in [0.3, 0.4) is 0 Å². The highest BCUT2D eigenvalue weighted by Gasteiger charge is 2.12. The highest BCUT2D eigenvalue weighted by atomic mass is 16.5. The first-order chi connectivity index (χ1) is 7.79. The molecule has 0 radical (unpaired) electrons. The summed E-state index contributed by atoms with van der Waals surface area (Å²) in [6.07, 6.45) is 7.99. The van der Waals surface area contributed by atoms with Crippen LogP contribution in [0.2, 0.25) is 0 Å². The van der Waals surface area contributed by atoms with Gasteiger partial charge in [-0.2, -0.15) is 0 Å². The van der Waals surface area contributed by atoms with Gasteiger partial charge in [0.1, 0.15) is 12.4 Å². The first kappa shape index (κ1) is 10.7. The van der Waals surface area contributed by atoms with E-state index in [4.69, 9.17) is 4.74 Å². The molecule has 1 atom stereocenters. The Balaban J connectivity index is 2.11. The third-order valence-corrected chi connectivity index (χ3v) is 2.61. The lowest BCUT2D eigenvalue weighted by Crippen LogP contribution is -2.15. The van der Waals surface area contributed by atoms with E-state index in [0.29, 0.717) is 17.6 Å². The van der Waals surface area contributed by atoms with Crippen molar-refractivity contribution in [3.63, 3.8) is 0 Å². The Kier molecular flexibility index (Phi) is 3.25. The topological polar surface area (TPSA) is 46.5 Å². The molecule has 0 saturated heterocycles. The first-order valence-electron chi connectivity index (χ1n) is 5.41. The highest BCUT2D eigenvalue weighted by molar-refractivity contribution is 5.76. The SMILES string of the molecule is O=Cc1ccc(OC2C=CCCC2)c(O)c1. The number of phenolic OH excluding ortho intramolecular Hbond substituents is 1. The van der Waals surface area contributed by atoms with Gasteiger partial charge in [0.05, 0.1) is 0 Å². The molecule has 1 N–H and O–H groups in total. The average molecular weight is 218 g/mol. The number of carbonyl (C=O) groups excluding carboxylic acids is 1. The molecule has 1 aromatic rings. The highest BCUT2D eigenvalue weighted by Crippen LogP contribution is 2.29. The summed E-state index contributed by atoms with van der Waals surface area (Å²) < 4.78 is 5.63. The molecule has 0 aromatic heterocycles. The van der Waals surface area contributed by atoms with Crippen LogP contribution in [0.1, 0.15) is 29.6 Å². The molecular weight excluding hydrogens is 204 g/mol. The molecule has 0 heterocycles. The van der Waals surface area contributed by atoms with Crippen molar-refractivity contribution in [2.24, 2.45) is 0 Å². The van der Waals surface area contributed by atoms with Crippen LogP contribution < -0.4 is 4.74 Å². The molecule has 0 fully saturated rings.